The topological polar surface area (TPSA) is 114 Å². The van der Waals surface area contributed by atoms with Crippen LogP contribution < -0.4 is 20.7 Å². The van der Waals surface area contributed by atoms with Gasteiger partial charge in [0.05, 0.1) is 0 Å². The second-order valence-electron chi connectivity index (χ2n) is 10.6. The molecule has 1 spiro atoms. The monoisotopic (exact) mass is 589 g/mol. The van der Waals surface area contributed by atoms with Gasteiger partial charge in [0, 0.05) is 35.8 Å². The normalized spacial score (nSPS) is 21.1. The maximum Gasteiger partial charge on any atom is 0.429 e. The number of hydrogen-bond acceptors (Lipinski definition) is 7. The molecule has 218 valence electrons. The Kier molecular flexibility index (Phi) is 8.02. The van der Waals surface area contributed by atoms with Crippen LogP contribution in [0.3, 0.4) is 0 Å². The summed E-state index contributed by atoms with van der Waals surface area (Å²) in [6, 6.07) is 13.7. The van der Waals surface area contributed by atoms with Crippen molar-refractivity contribution >= 4 is 29.3 Å². The van der Waals surface area contributed by atoms with E-state index in [-0.39, 0.29) is 28.8 Å². The fourth-order valence-electron chi connectivity index (χ4n) is 6.18. The number of carboxylic acid groups (broad SMARTS) is 1. The standard InChI is InChI=1S/C29H31ClF3N5O3/c1-2-22-28(16-21(35-22)26(39)40)10-12-38(13-11-28)23-15-24(37-27(34)36-23)41-25(29(31,32)33)19-9-8-18(30)14-20(19)17-6-4-3-5-7-17/h3-9,14-15,21-22,25,35H,2,10-13,16H2,1H3,(H,39,40)(H2,34,36,37)/t21?,22-,25+/m0/s1. The summed E-state index contributed by atoms with van der Waals surface area (Å²) in [5.74, 6) is -1.01. The van der Waals surface area contributed by atoms with E-state index < -0.39 is 24.3 Å². The molecular formula is C29H31ClF3N5O3. The van der Waals surface area contributed by atoms with Crippen molar-refractivity contribution in [3.05, 3.63) is 65.2 Å². The lowest BCUT2D eigenvalue weighted by molar-refractivity contribution is -0.198. The second-order valence-corrected chi connectivity index (χ2v) is 11.1. The third kappa shape index (κ3) is 6.06. The Balaban J connectivity index is 1.41. The van der Waals surface area contributed by atoms with E-state index in [0.29, 0.717) is 54.3 Å². The summed E-state index contributed by atoms with van der Waals surface area (Å²) in [4.78, 5) is 21.8. The zero-order valence-electron chi connectivity index (χ0n) is 22.4. The number of rotatable bonds is 7. The number of benzene rings is 2. The third-order valence-corrected chi connectivity index (χ3v) is 8.40. The highest BCUT2D eigenvalue weighted by Crippen LogP contribution is 2.46. The van der Waals surface area contributed by atoms with E-state index in [4.69, 9.17) is 22.1 Å². The number of nitrogen functional groups attached to an aromatic ring is 1. The first-order chi connectivity index (χ1) is 19.5. The average Bonchev–Trinajstić information content (AvgIpc) is 3.30. The predicted molar refractivity (Wildman–Crippen MR) is 150 cm³/mol. The van der Waals surface area contributed by atoms with E-state index in [0.717, 1.165) is 6.42 Å². The zero-order chi connectivity index (χ0) is 29.4. The van der Waals surface area contributed by atoms with Crippen LogP contribution in [-0.2, 0) is 4.79 Å². The Morgan fingerprint density at radius 3 is 2.54 bits per heavy atom. The minimum absolute atomic E-state index is 0.0749. The Morgan fingerprint density at radius 1 is 1.20 bits per heavy atom. The molecule has 2 aliphatic heterocycles. The van der Waals surface area contributed by atoms with E-state index in [9.17, 15) is 23.1 Å². The van der Waals surface area contributed by atoms with Crippen molar-refractivity contribution in [2.75, 3.05) is 23.7 Å². The van der Waals surface area contributed by atoms with Crippen LogP contribution in [0.4, 0.5) is 24.9 Å². The molecule has 2 fully saturated rings. The number of aliphatic carboxylic acids is 1. The number of nitrogens with zero attached hydrogens (tertiary/aromatic N) is 3. The van der Waals surface area contributed by atoms with Gasteiger partial charge in [0.25, 0.3) is 0 Å². The van der Waals surface area contributed by atoms with E-state index in [1.165, 1.54) is 24.3 Å². The summed E-state index contributed by atoms with van der Waals surface area (Å²) in [7, 11) is 0. The lowest BCUT2D eigenvalue weighted by atomic mass is 9.71. The van der Waals surface area contributed by atoms with E-state index >= 15 is 0 Å². The van der Waals surface area contributed by atoms with Crippen LogP contribution in [0, 0.1) is 5.41 Å². The molecule has 12 heteroatoms. The van der Waals surface area contributed by atoms with Crippen LogP contribution in [0.15, 0.2) is 54.6 Å². The van der Waals surface area contributed by atoms with Crippen LogP contribution in [0.5, 0.6) is 5.88 Å². The molecule has 2 aromatic carbocycles. The minimum Gasteiger partial charge on any atom is -0.480 e. The number of anilines is 2. The van der Waals surface area contributed by atoms with Crippen molar-refractivity contribution in [3.8, 4) is 17.0 Å². The molecule has 0 bridgehead atoms. The van der Waals surface area contributed by atoms with Crippen molar-refractivity contribution in [1.82, 2.24) is 15.3 Å². The molecule has 1 aromatic heterocycles. The minimum atomic E-state index is -4.78. The SMILES string of the molecule is CC[C@@H]1NC(C(=O)O)CC12CCN(c1cc(O[C@H](c3ccc(Cl)cc3-c3ccccc3)C(F)(F)F)nc(N)n1)CC2. The van der Waals surface area contributed by atoms with Crippen LogP contribution >= 0.6 is 11.6 Å². The maximum atomic E-state index is 14.5. The summed E-state index contributed by atoms with van der Waals surface area (Å²) in [6.45, 7) is 3.11. The third-order valence-electron chi connectivity index (χ3n) is 8.17. The highest BCUT2D eigenvalue weighted by atomic mass is 35.5. The van der Waals surface area contributed by atoms with Gasteiger partial charge in [-0.1, -0.05) is 54.9 Å². The summed E-state index contributed by atoms with van der Waals surface area (Å²) in [5.41, 5.74) is 6.51. The Hall–Kier alpha value is -3.57. The highest BCUT2D eigenvalue weighted by molar-refractivity contribution is 6.30. The average molecular weight is 590 g/mol. The Bertz CT molecular complexity index is 1400. The highest BCUT2D eigenvalue weighted by Gasteiger charge is 2.50. The quantitative estimate of drug-likeness (QED) is 0.313. The van der Waals surface area contributed by atoms with Crippen LogP contribution in [-0.4, -0.2) is 52.4 Å². The van der Waals surface area contributed by atoms with Gasteiger partial charge in [0.1, 0.15) is 11.9 Å². The van der Waals surface area contributed by atoms with Gasteiger partial charge >= 0.3 is 12.1 Å². The zero-order valence-corrected chi connectivity index (χ0v) is 23.1. The molecule has 41 heavy (non-hydrogen) atoms. The number of carbonyl (C=O) groups is 1. The number of aromatic nitrogens is 2. The van der Waals surface area contributed by atoms with Crippen molar-refractivity contribution in [2.45, 2.75) is 57.0 Å². The van der Waals surface area contributed by atoms with Gasteiger partial charge in [0.15, 0.2) is 0 Å². The molecule has 4 N–H and O–H groups in total. The molecule has 5 rings (SSSR count). The number of nitrogens with one attached hydrogen (secondary N) is 1. The lowest BCUT2D eigenvalue weighted by Gasteiger charge is -2.43. The molecule has 8 nitrogen and oxygen atoms in total. The molecule has 3 heterocycles. The summed E-state index contributed by atoms with van der Waals surface area (Å²) in [5, 5.41) is 13.1. The number of carboxylic acids is 1. The molecule has 0 amide bonds. The van der Waals surface area contributed by atoms with E-state index in [1.54, 1.807) is 30.3 Å². The number of hydrogen-bond donors (Lipinski definition) is 3. The number of nitrogens with two attached hydrogens (primary N) is 1. The molecule has 3 atom stereocenters. The van der Waals surface area contributed by atoms with Crippen molar-refractivity contribution < 1.29 is 27.8 Å². The van der Waals surface area contributed by atoms with Gasteiger partial charge < -0.3 is 25.8 Å². The molecule has 0 saturated carbocycles. The predicted octanol–water partition coefficient (Wildman–Crippen LogP) is 5.87. The van der Waals surface area contributed by atoms with Crippen molar-refractivity contribution in [1.29, 1.82) is 0 Å². The molecule has 3 aromatic rings. The van der Waals surface area contributed by atoms with Crippen molar-refractivity contribution in [3.63, 3.8) is 0 Å². The second kappa shape index (κ2) is 11.4. The maximum absolute atomic E-state index is 14.5. The molecule has 1 unspecified atom stereocenters. The molecule has 2 aliphatic rings. The number of ether oxygens (including phenoxy) is 1. The van der Waals surface area contributed by atoms with Gasteiger partial charge in [-0.25, -0.2) is 0 Å². The van der Waals surface area contributed by atoms with Crippen molar-refractivity contribution in [2.24, 2.45) is 5.41 Å². The molecule has 2 saturated heterocycles. The van der Waals surface area contributed by atoms with Crippen LogP contribution in [0.1, 0.15) is 44.3 Å². The van der Waals surface area contributed by atoms with Crippen LogP contribution in [0.25, 0.3) is 11.1 Å². The fraction of sp³-hybridized carbons (Fsp3) is 0.414. The largest absolute Gasteiger partial charge is 0.480 e. The van der Waals surface area contributed by atoms with Gasteiger partial charge in [0.2, 0.25) is 17.9 Å². The van der Waals surface area contributed by atoms with E-state index in [1.807, 2.05) is 11.8 Å². The van der Waals surface area contributed by atoms with Gasteiger partial charge in [-0.05, 0) is 54.4 Å². The summed E-state index contributed by atoms with van der Waals surface area (Å²) in [6.07, 6.45) is -4.37. The smallest absolute Gasteiger partial charge is 0.429 e. The first kappa shape index (κ1) is 28.9. The molecular weight excluding hydrogens is 559 g/mol. The number of alkyl halides is 3. The fourth-order valence-corrected chi connectivity index (χ4v) is 6.35. The van der Waals surface area contributed by atoms with Gasteiger partial charge in [-0.15, -0.1) is 0 Å². The first-order valence-corrected chi connectivity index (χ1v) is 13.8. The Labute approximate surface area is 240 Å². The molecule has 0 radical (unpaired) electrons. The van der Waals surface area contributed by atoms with E-state index in [2.05, 4.69) is 15.3 Å². The van der Waals surface area contributed by atoms with Gasteiger partial charge in [-0.2, -0.15) is 23.1 Å². The first-order valence-electron chi connectivity index (χ1n) is 13.5. The lowest BCUT2D eigenvalue weighted by Crippen LogP contribution is -2.46. The summed E-state index contributed by atoms with van der Waals surface area (Å²) < 4.78 is 49.0. The number of piperidine rings is 1. The van der Waals surface area contributed by atoms with Crippen LogP contribution in [0.2, 0.25) is 5.02 Å². The number of halogens is 4. The summed E-state index contributed by atoms with van der Waals surface area (Å²) >= 11 is 6.16. The Morgan fingerprint density at radius 2 is 1.90 bits per heavy atom. The van der Waals surface area contributed by atoms with Gasteiger partial charge in [-0.3, -0.25) is 4.79 Å². The molecule has 0 aliphatic carbocycles.